The number of nitrogens with two attached hydrogens (primary N) is 1. The summed E-state index contributed by atoms with van der Waals surface area (Å²) >= 11 is 0. The lowest BCUT2D eigenvalue weighted by Crippen LogP contribution is -2.45. The van der Waals surface area contributed by atoms with Gasteiger partial charge in [-0.1, -0.05) is 24.1 Å². The Labute approximate surface area is 118 Å². The van der Waals surface area contributed by atoms with Crippen LogP contribution in [0.25, 0.3) is 0 Å². The molecule has 0 spiro atoms. The highest BCUT2D eigenvalue weighted by Gasteiger charge is 2.36. The summed E-state index contributed by atoms with van der Waals surface area (Å²) < 4.78 is 0. The van der Waals surface area contributed by atoms with Crippen LogP contribution in [0.4, 0.5) is 0 Å². The highest BCUT2D eigenvalue weighted by Crippen LogP contribution is 2.40. The molecule has 0 heterocycles. The van der Waals surface area contributed by atoms with E-state index in [0.29, 0.717) is 5.41 Å². The van der Waals surface area contributed by atoms with E-state index < -0.39 is 0 Å². The number of nitrogens with zero attached hydrogens (tertiary/aromatic N) is 1. The summed E-state index contributed by atoms with van der Waals surface area (Å²) in [7, 11) is 2.23. The van der Waals surface area contributed by atoms with Gasteiger partial charge in [0, 0.05) is 13.1 Å². The molecule has 1 fully saturated rings. The molecule has 0 atom stereocenters. The van der Waals surface area contributed by atoms with Gasteiger partial charge in [-0.3, -0.25) is 0 Å². The Balaban J connectivity index is 2.05. The topological polar surface area (TPSA) is 29.3 Å². The van der Waals surface area contributed by atoms with Gasteiger partial charge in [0.15, 0.2) is 0 Å². The fourth-order valence-corrected chi connectivity index (χ4v) is 3.46. The molecule has 0 amide bonds. The van der Waals surface area contributed by atoms with Crippen molar-refractivity contribution in [3.8, 4) is 0 Å². The summed E-state index contributed by atoms with van der Waals surface area (Å²) in [5, 5.41) is 0. The number of hydrogen-bond donors (Lipinski definition) is 1. The van der Waals surface area contributed by atoms with E-state index in [2.05, 4.69) is 44.9 Å². The van der Waals surface area contributed by atoms with Crippen LogP contribution in [0.15, 0.2) is 12.1 Å². The van der Waals surface area contributed by atoms with E-state index in [9.17, 15) is 0 Å². The third-order valence-corrected chi connectivity index (χ3v) is 4.72. The number of rotatable bonds is 5. The molecule has 1 aromatic carbocycles. The largest absolute Gasteiger partial charge is 0.330 e. The molecule has 0 aromatic heterocycles. The fourth-order valence-electron chi connectivity index (χ4n) is 3.46. The molecule has 0 bridgehead atoms. The predicted molar refractivity (Wildman–Crippen MR) is 82.3 cm³/mol. The van der Waals surface area contributed by atoms with Crippen LogP contribution >= 0.6 is 0 Å². The van der Waals surface area contributed by atoms with Gasteiger partial charge in [0.25, 0.3) is 0 Å². The van der Waals surface area contributed by atoms with Crippen molar-refractivity contribution in [1.82, 2.24) is 4.90 Å². The van der Waals surface area contributed by atoms with Gasteiger partial charge in [0.1, 0.15) is 0 Å². The Morgan fingerprint density at radius 3 is 2.16 bits per heavy atom. The van der Waals surface area contributed by atoms with Gasteiger partial charge in [-0.15, -0.1) is 0 Å². The van der Waals surface area contributed by atoms with Crippen LogP contribution in [0.1, 0.15) is 41.5 Å². The van der Waals surface area contributed by atoms with Gasteiger partial charge < -0.3 is 10.6 Å². The Hall–Kier alpha value is -0.860. The van der Waals surface area contributed by atoms with Crippen molar-refractivity contribution in [2.45, 2.75) is 46.6 Å². The molecule has 1 aliphatic carbocycles. The molecule has 1 aromatic rings. The van der Waals surface area contributed by atoms with E-state index in [1.54, 1.807) is 0 Å². The first-order chi connectivity index (χ1) is 8.96. The lowest BCUT2D eigenvalue weighted by atomic mass is 9.68. The lowest BCUT2D eigenvalue weighted by molar-refractivity contribution is 0.0844. The maximum Gasteiger partial charge on any atom is 0.0236 e. The summed E-state index contributed by atoms with van der Waals surface area (Å²) in [6.07, 6.45) is 3.97. The summed E-state index contributed by atoms with van der Waals surface area (Å²) in [4.78, 5) is 2.46. The van der Waals surface area contributed by atoms with Crippen molar-refractivity contribution >= 4 is 0 Å². The smallest absolute Gasteiger partial charge is 0.0236 e. The minimum Gasteiger partial charge on any atom is -0.330 e. The first kappa shape index (κ1) is 14.5. The maximum absolute atomic E-state index is 5.96. The molecule has 2 N–H and O–H groups in total. The minimum absolute atomic E-state index is 0.404. The Bertz CT molecular complexity index is 418. The molecule has 2 rings (SSSR count). The van der Waals surface area contributed by atoms with Crippen LogP contribution in [0.3, 0.4) is 0 Å². The van der Waals surface area contributed by atoms with E-state index in [1.807, 2.05) is 0 Å². The first-order valence-corrected chi connectivity index (χ1v) is 7.41. The van der Waals surface area contributed by atoms with Gasteiger partial charge in [-0.05, 0) is 69.3 Å². The van der Waals surface area contributed by atoms with Crippen LogP contribution < -0.4 is 5.73 Å². The third-order valence-electron chi connectivity index (χ3n) is 4.72. The molecule has 0 aliphatic heterocycles. The summed E-state index contributed by atoms with van der Waals surface area (Å²) in [6, 6.07) is 4.58. The second-order valence-electron chi connectivity index (χ2n) is 6.61. The average molecular weight is 260 g/mol. The summed E-state index contributed by atoms with van der Waals surface area (Å²) in [5.41, 5.74) is 12.0. The fraction of sp³-hybridized carbons (Fsp3) is 0.647. The van der Waals surface area contributed by atoms with E-state index in [1.165, 1.54) is 41.5 Å². The second kappa shape index (κ2) is 5.64. The molecule has 0 radical (unpaired) electrons. The zero-order valence-electron chi connectivity index (χ0n) is 12.9. The second-order valence-corrected chi connectivity index (χ2v) is 6.61. The van der Waals surface area contributed by atoms with Crippen LogP contribution in [-0.2, 0) is 6.54 Å². The van der Waals surface area contributed by atoms with Gasteiger partial charge in [0.2, 0.25) is 0 Å². The normalized spacial score (nSPS) is 17.6. The predicted octanol–water partition coefficient (Wildman–Crippen LogP) is 3.17. The first-order valence-electron chi connectivity index (χ1n) is 7.41. The maximum atomic E-state index is 5.96. The van der Waals surface area contributed by atoms with Crippen molar-refractivity contribution < 1.29 is 0 Å². The quantitative estimate of drug-likeness (QED) is 0.881. The molecule has 2 nitrogen and oxygen atoms in total. The van der Waals surface area contributed by atoms with E-state index >= 15 is 0 Å². The SMILES string of the molecule is Cc1cc(C)c(CN(C)CC2(CN)CCC2)c(C)c1. The molecule has 19 heavy (non-hydrogen) atoms. The van der Waals surface area contributed by atoms with E-state index in [-0.39, 0.29) is 0 Å². The molecular weight excluding hydrogens is 232 g/mol. The molecular formula is C17H28N2. The van der Waals surface area contributed by atoms with Gasteiger partial charge >= 0.3 is 0 Å². The molecule has 1 aliphatic rings. The summed E-state index contributed by atoms with van der Waals surface area (Å²) in [6.45, 7) is 9.64. The standard InChI is InChI=1S/C17H28N2/c1-13-8-14(2)16(15(3)9-13)10-19(4)12-17(11-18)6-5-7-17/h8-9H,5-7,10-12,18H2,1-4H3. The van der Waals surface area contributed by atoms with Crippen LogP contribution in [-0.4, -0.2) is 25.0 Å². The van der Waals surface area contributed by atoms with Gasteiger partial charge in [-0.2, -0.15) is 0 Å². The number of aryl methyl sites for hydroxylation is 3. The molecule has 0 unspecified atom stereocenters. The molecule has 1 saturated carbocycles. The van der Waals surface area contributed by atoms with Crippen molar-refractivity contribution in [3.05, 3.63) is 34.4 Å². The Kier molecular flexibility index (Phi) is 4.32. The number of benzene rings is 1. The highest BCUT2D eigenvalue weighted by molar-refractivity contribution is 5.37. The van der Waals surface area contributed by atoms with Crippen molar-refractivity contribution in [2.24, 2.45) is 11.1 Å². The van der Waals surface area contributed by atoms with E-state index in [0.717, 1.165) is 19.6 Å². The minimum atomic E-state index is 0.404. The molecule has 0 saturated heterocycles. The van der Waals surface area contributed by atoms with Gasteiger partial charge in [-0.25, -0.2) is 0 Å². The third kappa shape index (κ3) is 3.18. The van der Waals surface area contributed by atoms with Crippen LogP contribution in [0, 0.1) is 26.2 Å². The van der Waals surface area contributed by atoms with E-state index in [4.69, 9.17) is 5.73 Å². The zero-order chi connectivity index (χ0) is 14.0. The van der Waals surface area contributed by atoms with Crippen LogP contribution in [0.5, 0.6) is 0 Å². The highest BCUT2D eigenvalue weighted by atomic mass is 15.1. The lowest BCUT2D eigenvalue weighted by Gasteiger charge is -2.43. The van der Waals surface area contributed by atoms with Crippen LogP contribution in [0.2, 0.25) is 0 Å². The summed E-state index contributed by atoms with van der Waals surface area (Å²) in [5.74, 6) is 0. The van der Waals surface area contributed by atoms with Crippen molar-refractivity contribution in [2.75, 3.05) is 20.1 Å². The Morgan fingerprint density at radius 1 is 1.16 bits per heavy atom. The zero-order valence-corrected chi connectivity index (χ0v) is 12.9. The Morgan fingerprint density at radius 2 is 1.74 bits per heavy atom. The monoisotopic (exact) mass is 260 g/mol. The number of hydrogen-bond acceptors (Lipinski definition) is 2. The van der Waals surface area contributed by atoms with Crippen molar-refractivity contribution in [3.63, 3.8) is 0 Å². The van der Waals surface area contributed by atoms with Crippen molar-refractivity contribution in [1.29, 1.82) is 0 Å². The molecule has 2 heteroatoms. The molecule has 106 valence electrons. The average Bonchev–Trinajstić information content (AvgIpc) is 2.28. The van der Waals surface area contributed by atoms with Gasteiger partial charge in [0.05, 0.1) is 0 Å².